The Kier molecular flexibility index (Phi) is 2.59. The standard InChI is InChI=1S/C14H21N/c1-10-8-15-9-12-11(10)6-5-7-13(12)14(2,3)4/h5-7,10,15H,8-9H2,1-4H3/t10-/m0/s1. The summed E-state index contributed by atoms with van der Waals surface area (Å²) in [7, 11) is 0. The molecule has 0 unspecified atom stereocenters. The quantitative estimate of drug-likeness (QED) is 0.683. The molecular formula is C14H21N. The van der Waals surface area contributed by atoms with Gasteiger partial charge < -0.3 is 5.32 Å². The number of hydrogen-bond donors (Lipinski definition) is 1. The number of hydrogen-bond acceptors (Lipinski definition) is 1. The van der Waals surface area contributed by atoms with E-state index in [1.165, 1.54) is 11.1 Å². The minimum absolute atomic E-state index is 0.254. The van der Waals surface area contributed by atoms with Gasteiger partial charge in [-0.2, -0.15) is 0 Å². The first-order valence-electron chi connectivity index (χ1n) is 5.83. The summed E-state index contributed by atoms with van der Waals surface area (Å²) >= 11 is 0. The second-order valence-electron chi connectivity index (χ2n) is 5.66. The van der Waals surface area contributed by atoms with Gasteiger partial charge in [0.2, 0.25) is 0 Å². The summed E-state index contributed by atoms with van der Waals surface area (Å²) in [6.07, 6.45) is 0. The molecule has 0 aliphatic carbocycles. The maximum absolute atomic E-state index is 3.50. The van der Waals surface area contributed by atoms with Gasteiger partial charge in [0.15, 0.2) is 0 Å². The molecule has 1 heteroatoms. The molecule has 1 nitrogen and oxygen atoms in total. The van der Waals surface area contributed by atoms with Crippen LogP contribution >= 0.6 is 0 Å². The normalized spacial score (nSPS) is 21.2. The Morgan fingerprint density at radius 2 is 2.00 bits per heavy atom. The molecule has 15 heavy (non-hydrogen) atoms. The molecule has 1 heterocycles. The Bertz CT molecular complexity index is 360. The van der Waals surface area contributed by atoms with Crippen molar-refractivity contribution in [2.45, 2.75) is 45.6 Å². The Hall–Kier alpha value is -0.820. The van der Waals surface area contributed by atoms with Crippen LogP contribution in [-0.4, -0.2) is 6.54 Å². The van der Waals surface area contributed by atoms with Crippen molar-refractivity contribution in [1.29, 1.82) is 0 Å². The highest BCUT2D eigenvalue weighted by atomic mass is 14.9. The van der Waals surface area contributed by atoms with Crippen LogP contribution in [0.4, 0.5) is 0 Å². The summed E-state index contributed by atoms with van der Waals surface area (Å²) in [5, 5.41) is 3.50. The molecule has 0 bridgehead atoms. The summed E-state index contributed by atoms with van der Waals surface area (Å²) in [6.45, 7) is 11.3. The lowest BCUT2D eigenvalue weighted by atomic mass is 9.79. The van der Waals surface area contributed by atoms with Crippen molar-refractivity contribution in [3.63, 3.8) is 0 Å². The van der Waals surface area contributed by atoms with Crippen LogP contribution in [-0.2, 0) is 12.0 Å². The van der Waals surface area contributed by atoms with E-state index in [1.807, 2.05) is 0 Å². The number of rotatable bonds is 0. The van der Waals surface area contributed by atoms with E-state index in [2.05, 4.69) is 51.2 Å². The molecule has 1 atom stereocenters. The Balaban J connectivity index is 2.54. The van der Waals surface area contributed by atoms with Crippen molar-refractivity contribution >= 4 is 0 Å². The summed E-state index contributed by atoms with van der Waals surface area (Å²) in [5.74, 6) is 0.649. The number of fused-ring (bicyclic) bond motifs is 1. The maximum atomic E-state index is 3.50. The molecule has 82 valence electrons. The Morgan fingerprint density at radius 1 is 1.27 bits per heavy atom. The van der Waals surface area contributed by atoms with E-state index in [1.54, 1.807) is 5.56 Å². The molecule has 0 amide bonds. The number of nitrogens with one attached hydrogen (secondary N) is 1. The molecule has 0 radical (unpaired) electrons. The van der Waals surface area contributed by atoms with E-state index < -0.39 is 0 Å². The van der Waals surface area contributed by atoms with Gasteiger partial charge >= 0.3 is 0 Å². The lowest BCUT2D eigenvalue weighted by molar-refractivity contribution is 0.533. The predicted octanol–water partition coefficient (Wildman–Crippen LogP) is 3.19. The van der Waals surface area contributed by atoms with E-state index in [4.69, 9.17) is 0 Å². The smallest absolute Gasteiger partial charge is 0.0211 e. The average molecular weight is 203 g/mol. The highest BCUT2D eigenvalue weighted by Gasteiger charge is 2.23. The largest absolute Gasteiger partial charge is 0.312 e. The molecule has 0 saturated heterocycles. The van der Waals surface area contributed by atoms with E-state index in [-0.39, 0.29) is 5.41 Å². The number of benzene rings is 1. The molecule has 0 spiro atoms. The van der Waals surface area contributed by atoms with E-state index >= 15 is 0 Å². The minimum Gasteiger partial charge on any atom is -0.312 e. The van der Waals surface area contributed by atoms with Gasteiger partial charge in [0, 0.05) is 13.1 Å². The fourth-order valence-electron chi connectivity index (χ4n) is 2.49. The van der Waals surface area contributed by atoms with Gasteiger partial charge in [-0.05, 0) is 28.0 Å². The monoisotopic (exact) mass is 203 g/mol. The molecule has 0 fully saturated rings. The predicted molar refractivity (Wildman–Crippen MR) is 65.3 cm³/mol. The highest BCUT2D eigenvalue weighted by molar-refractivity contribution is 5.42. The second-order valence-corrected chi connectivity index (χ2v) is 5.66. The van der Waals surface area contributed by atoms with Gasteiger partial charge in [0.05, 0.1) is 0 Å². The summed E-state index contributed by atoms with van der Waals surface area (Å²) in [5.41, 5.74) is 4.83. The van der Waals surface area contributed by atoms with Crippen LogP contribution in [0.2, 0.25) is 0 Å². The maximum Gasteiger partial charge on any atom is 0.0211 e. The zero-order chi connectivity index (χ0) is 11.1. The Labute approximate surface area is 92.9 Å². The topological polar surface area (TPSA) is 12.0 Å². The molecular weight excluding hydrogens is 182 g/mol. The highest BCUT2D eigenvalue weighted by Crippen LogP contribution is 2.32. The first kappa shape index (κ1) is 10.7. The second kappa shape index (κ2) is 3.64. The van der Waals surface area contributed by atoms with Crippen molar-refractivity contribution in [2.75, 3.05) is 6.54 Å². The molecule has 1 aliphatic heterocycles. The van der Waals surface area contributed by atoms with E-state index in [0.717, 1.165) is 13.1 Å². The average Bonchev–Trinajstić information content (AvgIpc) is 2.16. The van der Waals surface area contributed by atoms with Gasteiger partial charge in [-0.15, -0.1) is 0 Å². The Morgan fingerprint density at radius 3 is 2.67 bits per heavy atom. The lowest BCUT2D eigenvalue weighted by Crippen LogP contribution is -2.29. The van der Waals surface area contributed by atoms with Gasteiger partial charge in [-0.25, -0.2) is 0 Å². The van der Waals surface area contributed by atoms with E-state index in [9.17, 15) is 0 Å². The summed E-state index contributed by atoms with van der Waals surface area (Å²) < 4.78 is 0. The van der Waals surface area contributed by atoms with Crippen molar-refractivity contribution in [3.05, 3.63) is 34.9 Å². The van der Waals surface area contributed by atoms with Crippen LogP contribution < -0.4 is 5.32 Å². The zero-order valence-corrected chi connectivity index (χ0v) is 10.2. The fraction of sp³-hybridized carbons (Fsp3) is 0.571. The third-order valence-electron chi connectivity index (χ3n) is 3.30. The van der Waals surface area contributed by atoms with Gasteiger partial charge in [0.1, 0.15) is 0 Å². The van der Waals surface area contributed by atoms with Crippen LogP contribution in [0.1, 0.15) is 50.3 Å². The molecule has 1 aliphatic rings. The lowest BCUT2D eigenvalue weighted by Gasteiger charge is -2.30. The van der Waals surface area contributed by atoms with Gasteiger partial charge in [0.25, 0.3) is 0 Å². The zero-order valence-electron chi connectivity index (χ0n) is 10.2. The van der Waals surface area contributed by atoms with Gasteiger partial charge in [-0.1, -0.05) is 45.9 Å². The van der Waals surface area contributed by atoms with Crippen molar-refractivity contribution in [1.82, 2.24) is 5.32 Å². The third kappa shape index (κ3) is 1.93. The van der Waals surface area contributed by atoms with Crippen LogP contribution in [0.15, 0.2) is 18.2 Å². The first-order chi connectivity index (χ1) is 7.00. The van der Waals surface area contributed by atoms with Crippen molar-refractivity contribution in [2.24, 2.45) is 0 Å². The van der Waals surface area contributed by atoms with Gasteiger partial charge in [-0.3, -0.25) is 0 Å². The summed E-state index contributed by atoms with van der Waals surface area (Å²) in [6, 6.07) is 6.77. The third-order valence-corrected chi connectivity index (χ3v) is 3.30. The molecule has 1 N–H and O–H groups in total. The fourth-order valence-corrected chi connectivity index (χ4v) is 2.49. The molecule has 0 saturated carbocycles. The SMILES string of the molecule is C[C@H]1CNCc2c1cccc2C(C)(C)C. The minimum atomic E-state index is 0.254. The molecule has 1 aromatic carbocycles. The summed E-state index contributed by atoms with van der Waals surface area (Å²) in [4.78, 5) is 0. The van der Waals surface area contributed by atoms with E-state index in [0.29, 0.717) is 5.92 Å². The van der Waals surface area contributed by atoms with Crippen LogP contribution in [0.3, 0.4) is 0 Å². The van der Waals surface area contributed by atoms with Crippen LogP contribution in [0.5, 0.6) is 0 Å². The van der Waals surface area contributed by atoms with Crippen LogP contribution in [0, 0.1) is 0 Å². The first-order valence-corrected chi connectivity index (χ1v) is 5.83. The molecule has 0 aromatic heterocycles. The van der Waals surface area contributed by atoms with Crippen molar-refractivity contribution < 1.29 is 0 Å². The molecule has 2 rings (SSSR count). The van der Waals surface area contributed by atoms with Crippen molar-refractivity contribution in [3.8, 4) is 0 Å². The molecule has 1 aromatic rings. The van der Waals surface area contributed by atoms with Crippen LogP contribution in [0.25, 0.3) is 0 Å².